The lowest BCUT2D eigenvalue weighted by molar-refractivity contribution is -0.146. The van der Waals surface area contributed by atoms with E-state index < -0.39 is 11.8 Å². The lowest BCUT2D eigenvalue weighted by atomic mass is 9.89. The molecular weight excluding hydrogens is 333 g/mol. The predicted molar refractivity (Wildman–Crippen MR) is 96.9 cm³/mol. The van der Waals surface area contributed by atoms with E-state index in [1.54, 1.807) is 29.3 Å². The van der Waals surface area contributed by atoms with Gasteiger partial charge in [0.2, 0.25) is 0 Å². The lowest BCUT2D eigenvalue weighted by Gasteiger charge is -2.38. The van der Waals surface area contributed by atoms with Gasteiger partial charge in [-0.15, -0.1) is 0 Å². The van der Waals surface area contributed by atoms with Crippen LogP contribution in [-0.2, 0) is 9.59 Å². The molecule has 1 saturated heterocycles. The van der Waals surface area contributed by atoms with E-state index in [4.69, 9.17) is 0 Å². The van der Waals surface area contributed by atoms with Gasteiger partial charge >= 0.3 is 11.8 Å². The number of nitrogens with zero attached hydrogens (tertiary/aromatic N) is 2. The molecule has 0 aliphatic carbocycles. The van der Waals surface area contributed by atoms with Gasteiger partial charge in [0, 0.05) is 12.7 Å². The Balaban J connectivity index is 1.80. The minimum Gasteiger partial charge on any atom is -0.327 e. The fourth-order valence-corrected chi connectivity index (χ4v) is 3.38. The van der Waals surface area contributed by atoms with Crippen LogP contribution >= 0.6 is 0 Å². The second kappa shape index (κ2) is 7.64. The number of carbonyl (C=O) groups excluding carboxylic acids is 2. The number of halogens is 1. The van der Waals surface area contributed by atoms with Crippen LogP contribution in [0.2, 0.25) is 0 Å². The van der Waals surface area contributed by atoms with Gasteiger partial charge in [-0.05, 0) is 55.0 Å². The normalized spacial score (nSPS) is 19.9. The Kier molecular flexibility index (Phi) is 5.30. The molecule has 1 aliphatic heterocycles. The Hall–Kier alpha value is -2.76. The van der Waals surface area contributed by atoms with Crippen LogP contribution < -0.4 is 5.32 Å². The maximum atomic E-state index is 13.6. The second-order valence-corrected chi connectivity index (χ2v) is 6.92. The highest BCUT2D eigenvalue weighted by Crippen LogP contribution is 2.33. The zero-order valence-electron chi connectivity index (χ0n) is 14.9. The van der Waals surface area contributed by atoms with E-state index in [0.29, 0.717) is 18.7 Å². The van der Waals surface area contributed by atoms with Crippen molar-refractivity contribution in [1.82, 2.24) is 9.88 Å². The van der Waals surface area contributed by atoms with Crippen LogP contribution in [0.3, 0.4) is 0 Å². The van der Waals surface area contributed by atoms with Crippen molar-refractivity contribution in [2.45, 2.75) is 32.7 Å². The van der Waals surface area contributed by atoms with Gasteiger partial charge < -0.3 is 10.2 Å². The minimum absolute atomic E-state index is 0.289. The number of anilines is 1. The fourth-order valence-electron chi connectivity index (χ4n) is 3.38. The molecule has 1 aromatic carbocycles. The third-order valence-corrected chi connectivity index (χ3v) is 4.64. The number of likely N-dealkylation sites (tertiary alicyclic amines) is 1. The first-order chi connectivity index (χ1) is 12.4. The molecule has 1 N–H and O–H groups in total. The summed E-state index contributed by atoms with van der Waals surface area (Å²) in [6.07, 6.45) is 4.80. The Bertz CT molecular complexity index is 824. The average Bonchev–Trinajstić information content (AvgIpc) is 2.61. The first kappa shape index (κ1) is 18.0. The van der Waals surface area contributed by atoms with Crippen molar-refractivity contribution in [3.05, 3.63) is 59.7 Å². The first-order valence-corrected chi connectivity index (χ1v) is 8.73. The Morgan fingerprint density at radius 1 is 1.23 bits per heavy atom. The molecule has 0 radical (unpaired) electrons. The maximum absolute atomic E-state index is 13.6. The van der Waals surface area contributed by atoms with Gasteiger partial charge in [0.15, 0.2) is 0 Å². The molecule has 2 heterocycles. The van der Waals surface area contributed by atoms with Crippen LogP contribution in [0.15, 0.2) is 42.7 Å². The molecule has 5 nitrogen and oxygen atoms in total. The summed E-state index contributed by atoms with van der Waals surface area (Å²) in [5.41, 5.74) is 2.09. The van der Waals surface area contributed by atoms with Gasteiger partial charge in [-0.3, -0.25) is 14.6 Å². The number of benzene rings is 1. The first-order valence-electron chi connectivity index (χ1n) is 8.73. The highest BCUT2D eigenvalue weighted by Gasteiger charge is 2.34. The molecule has 0 bridgehead atoms. The molecule has 0 unspecified atom stereocenters. The van der Waals surface area contributed by atoms with Gasteiger partial charge in [-0.1, -0.05) is 19.1 Å². The van der Waals surface area contributed by atoms with E-state index in [9.17, 15) is 14.0 Å². The van der Waals surface area contributed by atoms with Crippen LogP contribution in [0.25, 0.3) is 0 Å². The zero-order valence-corrected chi connectivity index (χ0v) is 14.9. The monoisotopic (exact) mass is 355 g/mol. The van der Waals surface area contributed by atoms with Crippen LogP contribution in [0.5, 0.6) is 0 Å². The lowest BCUT2D eigenvalue weighted by Crippen LogP contribution is -2.46. The molecular formula is C20H22FN3O2. The van der Waals surface area contributed by atoms with Crippen molar-refractivity contribution in [3.8, 4) is 0 Å². The van der Waals surface area contributed by atoms with Crippen molar-refractivity contribution >= 4 is 17.5 Å². The highest BCUT2D eigenvalue weighted by molar-refractivity contribution is 6.39. The molecule has 3 rings (SSSR count). The Morgan fingerprint density at radius 3 is 2.77 bits per heavy atom. The molecule has 2 amide bonds. The Morgan fingerprint density at radius 2 is 2.04 bits per heavy atom. The Labute approximate surface area is 152 Å². The number of carbonyl (C=O) groups is 2. The minimum atomic E-state index is -0.701. The van der Waals surface area contributed by atoms with E-state index in [-0.39, 0.29) is 17.8 Å². The predicted octanol–water partition coefficient (Wildman–Crippen LogP) is 3.47. The number of pyridine rings is 1. The smallest absolute Gasteiger partial charge is 0.313 e. The SMILES string of the molecule is Cc1cncc(NC(=O)C(=O)N2C[C@H](C)CC[C@H]2c2cccc(F)c2)c1. The molecule has 0 saturated carbocycles. The summed E-state index contributed by atoms with van der Waals surface area (Å²) in [6, 6.07) is 7.69. The standard InChI is InChI=1S/C20H22FN3O2/c1-13-6-7-18(15-4-3-5-16(21)9-15)24(12-13)20(26)19(25)23-17-8-14(2)10-22-11-17/h3-5,8-11,13,18H,6-7,12H2,1-2H3,(H,23,25)/t13-,18+/m1/s1. The van der Waals surface area contributed by atoms with Crippen molar-refractivity contribution in [2.24, 2.45) is 5.92 Å². The number of aromatic nitrogens is 1. The zero-order chi connectivity index (χ0) is 18.7. The number of rotatable bonds is 2. The molecule has 136 valence electrons. The number of aryl methyl sites for hydroxylation is 1. The largest absolute Gasteiger partial charge is 0.327 e. The second-order valence-electron chi connectivity index (χ2n) is 6.92. The summed E-state index contributed by atoms with van der Waals surface area (Å²) in [5, 5.41) is 2.61. The van der Waals surface area contributed by atoms with Gasteiger partial charge in [0.05, 0.1) is 17.9 Å². The molecule has 0 spiro atoms. The van der Waals surface area contributed by atoms with Gasteiger partial charge in [-0.2, -0.15) is 0 Å². The summed E-state index contributed by atoms with van der Waals surface area (Å²) in [7, 11) is 0. The third-order valence-electron chi connectivity index (χ3n) is 4.64. The van der Waals surface area contributed by atoms with E-state index in [1.807, 2.05) is 13.8 Å². The maximum Gasteiger partial charge on any atom is 0.313 e. The van der Waals surface area contributed by atoms with Gasteiger partial charge in [-0.25, -0.2) is 4.39 Å². The number of piperidine rings is 1. The van der Waals surface area contributed by atoms with Gasteiger partial charge in [0.1, 0.15) is 5.82 Å². The van der Waals surface area contributed by atoms with Crippen molar-refractivity contribution in [1.29, 1.82) is 0 Å². The highest BCUT2D eigenvalue weighted by atomic mass is 19.1. The summed E-state index contributed by atoms with van der Waals surface area (Å²) < 4.78 is 13.6. The molecule has 6 heteroatoms. The topological polar surface area (TPSA) is 62.3 Å². The summed E-state index contributed by atoms with van der Waals surface area (Å²) in [5.74, 6) is -1.36. The third kappa shape index (κ3) is 4.07. The van der Waals surface area contributed by atoms with E-state index in [1.165, 1.54) is 18.3 Å². The molecule has 1 aromatic heterocycles. The molecule has 26 heavy (non-hydrogen) atoms. The quantitative estimate of drug-likeness (QED) is 0.839. The van der Waals surface area contributed by atoms with E-state index in [0.717, 1.165) is 17.5 Å². The van der Waals surface area contributed by atoms with Crippen LogP contribution in [0, 0.1) is 18.7 Å². The fraction of sp³-hybridized carbons (Fsp3) is 0.350. The number of hydrogen-bond donors (Lipinski definition) is 1. The van der Waals surface area contributed by atoms with Crippen LogP contribution in [0.1, 0.15) is 36.9 Å². The molecule has 2 atom stereocenters. The van der Waals surface area contributed by atoms with Crippen LogP contribution in [0.4, 0.5) is 10.1 Å². The summed E-state index contributed by atoms with van der Waals surface area (Å²) in [4.78, 5) is 30.8. The number of amides is 2. The van der Waals surface area contributed by atoms with Crippen molar-refractivity contribution in [2.75, 3.05) is 11.9 Å². The summed E-state index contributed by atoms with van der Waals surface area (Å²) in [6.45, 7) is 4.38. The number of hydrogen-bond acceptors (Lipinski definition) is 3. The molecule has 1 fully saturated rings. The van der Waals surface area contributed by atoms with Crippen LogP contribution in [-0.4, -0.2) is 28.2 Å². The van der Waals surface area contributed by atoms with E-state index >= 15 is 0 Å². The average molecular weight is 355 g/mol. The van der Waals surface area contributed by atoms with E-state index in [2.05, 4.69) is 10.3 Å². The van der Waals surface area contributed by atoms with Crippen molar-refractivity contribution in [3.63, 3.8) is 0 Å². The summed E-state index contributed by atoms with van der Waals surface area (Å²) >= 11 is 0. The molecule has 2 aromatic rings. The molecule has 1 aliphatic rings. The number of nitrogens with one attached hydrogen (secondary N) is 1. The van der Waals surface area contributed by atoms with Crippen molar-refractivity contribution < 1.29 is 14.0 Å². The van der Waals surface area contributed by atoms with Gasteiger partial charge in [0.25, 0.3) is 0 Å².